The molecule has 1 N–H and O–H groups in total. The van der Waals surface area contributed by atoms with Crippen molar-refractivity contribution in [1.29, 1.82) is 0 Å². The van der Waals surface area contributed by atoms with Gasteiger partial charge in [0.25, 0.3) is 0 Å². The Morgan fingerprint density at radius 2 is 1.29 bits per heavy atom. The van der Waals surface area contributed by atoms with E-state index in [1.54, 1.807) is 0 Å². The number of para-hydroxylation sites is 1. The minimum Gasteiger partial charge on any atom is -0.328 e. The molecule has 0 spiro atoms. The molecule has 2 aliphatic rings. The summed E-state index contributed by atoms with van der Waals surface area (Å²) in [4.78, 5) is 0. The van der Waals surface area contributed by atoms with Crippen LogP contribution in [0.25, 0.3) is 0 Å². The maximum Gasteiger partial charge on any atom is 0.198 e. The van der Waals surface area contributed by atoms with Crippen molar-refractivity contribution >= 4 is 53.6 Å². The molecule has 0 amide bonds. The van der Waals surface area contributed by atoms with Gasteiger partial charge in [0, 0.05) is 31.3 Å². The molecule has 2 heterocycles. The van der Waals surface area contributed by atoms with Gasteiger partial charge in [-0.1, -0.05) is 75.7 Å². The van der Waals surface area contributed by atoms with Crippen LogP contribution in [-0.2, 0) is 0 Å². The van der Waals surface area contributed by atoms with Crippen LogP contribution in [0.2, 0.25) is 10.0 Å². The molecule has 8 heteroatoms. The molecule has 3 rings (SSSR count). The van der Waals surface area contributed by atoms with Gasteiger partial charge in [-0.05, 0) is 50.0 Å². The topological polar surface area (TPSA) is 30.9 Å². The van der Waals surface area contributed by atoms with E-state index >= 15 is 0 Å². The van der Waals surface area contributed by atoms with Crippen molar-refractivity contribution in [3.05, 3.63) is 28.2 Å². The Balaban J connectivity index is 2.08. The van der Waals surface area contributed by atoms with Crippen LogP contribution in [0.4, 0.5) is 5.69 Å². The van der Waals surface area contributed by atoms with E-state index < -0.39 is 7.36 Å². The number of anilines is 1. The highest BCUT2D eigenvalue weighted by Gasteiger charge is 2.44. The molecule has 0 aliphatic carbocycles. The lowest BCUT2D eigenvalue weighted by atomic mass is 10.2. The summed E-state index contributed by atoms with van der Waals surface area (Å²) in [6.45, 7) is 11.4. The van der Waals surface area contributed by atoms with Gasteiger partial charge in [0.15, 0.2) is 5.11 Å². The number of nitrogens with zero attached hydrogens (tertiary/aromatic N) is 3. The van der Waals surface area contributed by atoms with E-state index in [0.29, 0.717) is 20.8 Å². The zero-order chi connectivity index (χ0) is 22.5. The quantitative estimate of drug-likeness (QED) is 0.332. The average molecular weight is 504 g/mol. The summed E-state index contributed by atoms with van der Waals surface area (Å²) in [6, 6.07) is 5.50. The summed E-state index contributed by atoms with van der Waals surface area (Å²) in [5.74, 6) is 0. The van der Waals surface area contributed by atoms with Gasteiger partial charge in [-0.3, -0.25) is 9.34 Å². The lowest BCUT2D eigenvalue weighted by Gasteiger charge is -2.50. The zero-order valence-corrected chi connectivity index (χ0v) is 22.4. The number of hydrogen-bond donors (Lipinski definition) is 1. The SMILES string of the molecule is CC(C)(C)P(=NC(=S)Nc1c(Cl)cccc1Cl)(N1CCCCCC1)N1CCCCCC1. The third-order valence-corrected chi connectivity index (χ3v) is 11.9. The summed E-state index contributed by atoms with van der Waals surface area (Å²) >= 11 is 18.7. The first-order chi connectivity index (χ1) is 14.8. The zero-order valence-electron chi connectivity index (χ0n) is 19.2. The molecule has 174 valence electrons. The lowest BCUT2D eigenvalue weighted by Crippen LogP contribution is -2.42. The van der Waals surface area contributed by atoms with Crippen molar-refractivity contribution in [1.82, 2.24) is 9.34 Å². The fraction of sp³-hybridized carbons (Fsp3) is 0.696. The summed E-state index contributed by atoms with van der Waals surface area (Å²) in [6.07, 6.45) is 10.2. The van der Waals surface area contributed by atoms with Crippen molar-refractivity contribution < 1.29 is 0 Å². The number of hydrogen-bond acceptors (Lipinski definition) is 1. The Morgan fingerprint density at radius 3 is 1.68 bits per heavy atom. The highest BCUT2D eigenvalue weighted by Crippen LogP contribution is 2.67. The molecule has 0 saturated carbocycles. The van der Waals surface area contributed by atoms with Gasteiger partial charge in [0.2, 0.25) is 0 Å². The smallest absolute Gasteiger partial charge is 0.198 e. The molecule has 31 heavy (non-hydrogen) atoms. The molecule has 0 unspecified atom stereocenters. The van der Waals surface area contributed by atoms with E-state index in [2.05, 4.69) is 35.4 Å². The largest absolute Gasteiger partial charge is 0.328 e. The first-order valence-corrected chi connectivity index (χ1v) is 14.4. The van der Waals surface area contributed by atoms with Crippen LogP contribution in [0, 0.1) is 0 Å². The molecular formula is C23H37Cl2N4PS. The van der Waals surface area contributed by atoms with Gasteiger partial charge in [0.05, 0.1) is 15.7 Å². The second-order valence-electron chi connectivity index (χ2n) is 9.60. The van der Waals surface area contributed by atoms with Crippen LogP contribution in [0.15, 0.2) is 22.9 Å². The third kappa shape index (κ3) is 6.05. The van der Waals surface area contributed by atoms with Crippen LogP contribution >= 0.6 is 42.8 Å². The van der Waals surface area contributed by atoms with Crippen LogP contribution < -0.4 is 5.32 Å². The van der Waals surface area contributed by atoms with Crippen molar-refractivity contribution in [3.63, 3.8) is 0 Å². The average Bonchev–Trinajstić information content (AvgIpc) is 3.14. The first kappa shape index (κ1) is 25.5. The van der Waals surface area contributed by atoms with Crippen LogP contribution in [0.3, 0.4) is 0 Å². The minimum absolute atomic E-state index is 0.0162. The van der Waals surface area contributed by atoms with E-state index in [1.165, 1.54) is 51.4 Å². The molecule has 2 fully saturated rings. The minimum atomic E-state index is -2.11. The number of nitrogens with one attached hydrogen (secondary N) is 1. The highest BCUT2D eigenvalue weighted by atomic mass is 35.5. The van der Waals surface area contributed by atoms with Crippen LogP contribution in [0.1, 0.15) is 72.1 Å². The van der Waals surface area contributed by atoms with E-state index in [9.17, 15) is 0 Å². The van der Waals surface area contributed by atoms with Crippen molar-refractivity contribution in [3.8, 4) is 0 Å². The molecular weight excluding hydrogens is 466 g/mol. The Morgan fingerprint density at radius 1 is 0.871 bits per heavy atom. The fourth-order valence-corrected chi connectivity index (χ4v) is 10.4. The lowest BCUT2D eigenvalue weighted by molar-refractivity contribution is 0.368. The molecule has 2 aliphatic heterocycles. The maximum absolute atomic E-state index is 6.42. The van der Waals surface area contributed by atoms with E-state index in [1.807, 2.05) is 18.2 Å². The molecule has 0 aromatic heterocycles. The second-order valence-corrected chi connectivity index (χ2v) is 14.6. The second kappa shape index (κ2) is 11.3. The van der Waals surface area contributed by atoms with Gasteiger partial charge in [-0.2, -0.15) is 0 Å². The van der Waals surface area contributed by atoms with E-state index in [4.69, 9.17) is 40.2 Å². The third-order valence-electron chi connectivity index (χ3n) is 6.28. The molecule has 0 bridgehead atoms. The van der Waals surface area contributed by atoms with Crippen LogP contribution in [0.5, 0.6) is 0 Å². The number of rotatable bonds is 3. The summed E-state index contributed by atoms with van der Waals surface area (Å²) in [7, 11) is -2.11. The Bertz CT molecular complexity index is 764. The predicted octanol–water partition coefficient (Wildman–Crippen LogP) is 8.27. The van der Waals surface area contributed by atoms with Crippen molar-refractivity contribution in [2.75, 3.05) is 31.5 Å². The predicted molar refractivity (Wildman–Crippen MR) is 142 cm³/mol. The van der Waals surface area contributed by atoms with Crippen LogP contribution in [-0.4, -0.2) is 45.8 Å². The van der Waals surface area contributed by atoms with Gasteiger partial charge in [-0.25, -0.2) is 4.74 Å². The van der Waals surface area contributed by atoms with E-state index in [0.717, 1.165) is 26.2 Å². The van der Waals surface area contributed by atoms with Crippen molar-refractivity contribution in [2.24, 2.45) is 4.74 Å². The number of halogens is 2. The first-order valence-electron chi connectivity index (χ1n) is 11.6. The monoisotopic (exact) mass is 502 g/mol. The molecule has 4 nitrogen and oxygen atoms in total. The van der Waals surface area contributed by atoms with Gasteiger partial charge < -0.3 is 5.32 Å². The number of benzene rings is 1. The Kier molecular flexibility index (Phi) is 9.29. The standard InChI is InChI=1S/C23H37Cl2N4PS/c1-23(2,3)30(28-15-8-4-5-9-16-28,29-17-10-6-7-11-18-29)27-22(31)26-21-19(24)13-12-14-20(21)25/h12-14H,4-11,15-18H2,1-3H3,(H,26,31). The van der Waals surface area contributed by atoms with Crippen molar-refractivity contribution in [2.45, 2.75) is 77.3 Å². The summed E-state index contributed by atoms with van der Waals surface area (Å²) < 4.78 is 10.9. The van der Waals surface area contributed by atoms with E-state index in [-0.39, 0.29) is 5.16 Å². The normalized spacial score (nSPS) is 20.0. The van der Waals surface area contributed by atoms with Gasteiger partial charge in [0.1, 0.15) is 7.36 Å². The fourth-order valence-electron chi connectivity index (χ4n) is 4.85. The Labute approximate surface area is 204 Å². The molecule has 1 aromatic carbocycles. The number of thiocarbonyl (C=S) groups is 1. The molecule has 0 atom stereocenters. The molecule has 0 radical (unpaired) electrons. The van der Waals surface area contributed by atoms with Gasteiger partial charge in [-0.15, -0.1) is 0 Å². The Hall–Kier alpha value is -0.160. The molecule has 2 saturated heterocycles. The maximum atomic E-state index is 6.42. The summed E-state index contributed by atoms with van der Waals surface area (Å²) in [5.41, 5.74) is 0.651. The summed E-state index contributed by atoms with van der Waals surface area (Å²) in [5, 5.41) is 4.90. The van der Waals surface area contributed by atoms with Gasteiger partial charge >= 0.3 is 0 Å². The molecule has 1 aromatic rings. The highest BCUT2D eigenvalue weighted by molar-refractivity contribution is 7.81.